The van der Waals surface area contributed by atoms with Crippen molar-refractivity contribution in [3.8, 4) is 0 Å². The molecular weight excluding hydrogens is 612 g/mol. The van der Waals surface area contributed by atoms with Crippen LogP contribution in [0.25, 0.3) is 0 Å². The van der Waals surface area contributed by atoms with Crippen LogP contribution in [-0.2, 0) is 57.8 Å². The Morgan fingerprint density at radius 1 is 0.583 bits per heavy atom. The van der Waals surface area contributed by atoms with E-state index in [1.807, 2.05) is 97.9 Å². The Hall–Kier alpha value is -3.15. The second-order valence-corrected chi connectivity index (χ2v) is 13.1. The molecule has 48 heavy (non-hydrogen) atoms. The molecule has 9 heteroatoms. The number of hydrogen-bond donors (Lipinski definition) is 1. The van der Waals surface area contributed by atoms with Gasteiger partial charge in [-0.05, 0) is 28.5 Å². The Kier molecular flexibility index (Phi) is 13.6. The van der Waals surface area contributed by atoms with E-state index in [1.54, 1.807) is 0 Å². The third kappa shape index (κ3) is 9.95. The van der Waals surface area contributed by atoms with Gasteiger partial charge in [-0.15, -0.1) is 0 Å². The quantitative estimate of drug-likeness (QED) is 0.185. The molecule has 2 heterocycles. The number of carboxylic acid groups (broad SMARTS) is 1. The summed E-state index contributed by atoms with van der Waals surface area (Å²) < 4.78 is 44.8. The Morgan fingerprint density at radius 3 is 1.62 bits per heavy atom. The Labute approximate surface area is 284 Å². The lowest BCUT2D eigenvalue weighted by molar-refractivity contribution is -0.344. The van der Waals surface area contributed by atoms with Gasteiger partial charge in [0.1, 0.15) is 18.8 Å². The van der Waals surface area contributed by atoms with Gasteiger partial charge in [-0.1, -0.05) is 119 Å². The van der Waals surface area contributed by atoms with E-state index in [2.05, 4.69) is 20.8 Å². The number of aliphatic carboxylic acids is 1. The van der Waals surface area contributed by atoms with Gasteiger partial charge in [0.15, 0.2) is 12.6 Å². The first-order valence-electron chi connectivity index (χ1n) is 17.0. The molecule has 2 aliphatic rings. The molecule has 0 saturated carbocycles. The van der Waals surface area contributed by atoms with Gasteiger partial charge in [-0.2, -0.15) is 0 Å². The van der Waals surface area contributed by atoms with Gasteiger partial charge in [-0.3, -0.25) is 0 Å². The van der Waals surface area contributed by atoms with Crippen LogP contribution in [-0.4, -0.2) is 67.9 Å². The first-order valence-corrected chi connectivity index (χ1v) is 17.0. The summed E-state index contributed by atoms with van der Waals surface area (Å²) in [6.07, 6.45) is -3.46. The second kappa shape index (κ2) is 18.0. The number of carboxylic acids is 1. The lowest BCUT2D eigenvalue weighted by Gasteiger charge is -2.49. The summed E-state index contributed by atoms with van der Waals surface area (Å²) in [6, 6.07) is 29.8. The molecule has 2 saturated heterocycles. The van der Waals surface area contributed by atoms with Crippen LogP contribution in [0.5, 0.6) is 0 Å². The highest BCUT2D eigenvalue weighted by atomic mass is 16.7. The highest BCUT2D eigenvalue weighted by Gasteiger charge is 2.49. The van der Waals surface area contributed by atoms with Crippen molar-refractivity contribution in [2.45, 2.75) is 84.5 Å². The minimum Gasteiger partial charge on any atom is -0.480 e. The van der Waals surface area contributed by atoms with Gasteiger partial charge in [0.25, 0.3) is 0 Å². The molecule has 0 amide bonds. The summed E-state index contributed by atoms with van der Waals surface area (Å²) >= 11 is 0. The Morgan fingerprint density at radius 2 is 1.08 bits per heavy atom. The summed E-state index contributed by atoms with van der Waals surface area (Å²) in [5.74, 6) is -0.880. The van der Waals surface area contributed by atoms with Crippen LogP contribution in [0.15, 0.2) is 91.0 Å². The molecule has 0 bridgehead atoms. The Balaban J connectivity index is 1.33. The molecule has 1 N–H and O–H groups in total. The van der Waals surface area contributed by atoms with Crippen molar-refractivity contribution < 1.29 is 43.1 Å². The van der Waals surface area contributed by atoms with Crippen molar-refractivity contribution >= 4 is 5.97 Å². The van der Waals surface area contributed by atoms with Crippen LogP contribution >= 0.6 is 0 Å². The van der Waals surface area contributed by atoms with E-state index in [1.165, 1.54) is 0 Å². The Bertz CT molecular complexity index is 1360. The molecule has 0 aliphatic carbocycles. The van der Waals surface area contributed by atoms with Crippen LogP contribution in [0, 0.1) is 23.7 Å². The molecule has 3 aromatic rings. The molecule has 3 aromatic carbocycles. The summed E-state index contributed by atoms with van der Waals surface area (Å²) in [4.78, 5) is 11.7. The van der Waals surface area contributed by atoms with E-state index in [0.29, 0.717) is 26.4 Å². The molecule has 9 nitrogen and oxygen atoms in total. The van der Waals surface area contributed by atoms with E-state index in [0.717, 1.165) is 16.7 Å². The fourth-order valence-electron chi connectivity index (χ4n) is 6.42. The topological polar surface area (TPSA) is 102 Å². The monoisotopic (exact) mass is 662 g/mol. The molecule has 260 valence electrons. The number of benzene rings is 3. The molecule has 0 radical (unpaired) electrons. The summed E-state index contributed by atoms with van der Waals surface area (Å²) in [5.41, 5.74) is 3.13. The standard InChI is InChI=1S/C39H50O9/c1-26-27(2)33(23-42-20-30-14-8-5-9-15-30)46-39(28(26)3)48-37-34(24-43-21-31-16-10-6-11-17-31)47-38(29(4)36(37)44-25-35(40)41)45-22-32-18-12-7-13-19-32/h5-19,26-29,33-34,36-39H,20-25H2,1-4H3,(H,40,41)/t26-,27+,28?,29?,33?,34?,36+,37-,38+,39-/m0/s1. The van der Waals surface area contributed by atoms with Crippen LogP contribution in [0.1, 0.15) is 44.4 Å². The maximum absolute atomic E-state index is 11.7. The van der Waals surface area contributed by atoms with Crippen LogP contribution < -0.4 is 0 Å². The van der Waals surface area contributed by atoms with Crippen molar-refractivity contribution in [3.05, 3.63) is 108 Å². The fraction of sp³-hybridized carbons (Fsp3) is 0.513. The van der Waals surface area contributed by atoms with Gasteiger partial charge in [-0.25, -0.2) is 4.79 Å². The zero-order chi connectivity index (χ0) is 33.9. The number of ether oxygens (including phenoxy) is 7. The first-order chi connectivity index (χ1) is 23.3. The summed E-state index contributed by atoms with van der Waals surface area (Å²) in [6.45, 7) is 9.78. The average molecular weight is 663 g/mol. The van der Waals surface area contributed by atoms with Gasteiger partial charge in [0, 0.05) is 11.8 Å². The smallest absolute Gasteiger partial charge is 0.329 e. The molecule has 0 spiro atoms. The summed E-state index contributed by atoms with van der Waals surface area (Å²) in [5, 5.41) is 9.60. The van der Waals surface area contributed by atoms with Crippen molar-refractivity contribution in [2.75, 3.05) is 19.8 Å². The van der Waals surface area contributed by atoms with Gasteiger partial charge >= 0.3 is 5.97 Å². The van der Waals surface area contributed by atoms with E-state index in [-0.39, 0.29) is 36.4 Å². The van der Waals surface area contributed by atoms with Gasteiger partial charge in [0.05, 0.1) is 45.2 Å². The molecule has 10 atom stereocenters. The maximum Gasteiger partial charge on any atom is 0.329 e. The van der Waals surface area contributed by atoms with Crippen molar-refractivity contribution in [3.63, 3.8) is 0 Å². The van der Waals surface area contributed by atoms with Crippen molar-refractivity contribution in [1.82, 2.24) is 0 Å². The zero-order valence-electron chi connectivity index (χ0n) is 28.4. The molecule has 2 aliphatic heterocycles. The molecule has 2 fully saturated rings. The lowest BCUT2D eigenvalue weighted by Crippen LogP contribution is -2.60. The van der Waals surface area contributed by atoms with Gasteiger partial charge in [0.2, 0.25) is 0 Å². The number of rotatable bonds is 16. The predicted octanol–water partition coefficient (Wildman–Crippen LogP) is 6.49. The van der Waals surface area contributed by atoms with E-state index in [4.69, 9.17) is 33.2 Å². The molecule has 0 aromatic heterocycles. The predicted molar refractivity (Wildman–Crippen MR) is 180 cm³/mol. The second-order valence-electron chi connectivity index (χ2n) is 13.1. The summed E-state index contributed by atoms with van der Waals surface area (Å²) in [7, 11) is 0. The highest BCUT2D eigenvalue weighted by Crippen LogP contribution is 2.39. The number of carbonyl (C=O) groups is 1. The largest absolute Gasteiger partial charge is 0.480 e. The van der Waals surface area contributed by atoms with E-state index < -0.39 is 43.5 Å². The first kappa shape index (κ1) is 36.1. The normalized spacial score (nSPS) is 30.6. The third-order valence-corrected chi connectivity index (χ3v) is 9.66. The van der Waals surface area contributed by atoms with Crippen LogP contribution in [0.3, 0.4) is 0 Å². The lowest BCUT2D eigenvalue weighted by atomic mass is 9.79. The van der Waals surface area contributed by atoms with Crippen LogP contribution in [0.4, 0.5) is 0 Å². The van der Waals surface area contributed by atoms with Crippen molar-refractivity contribution in [2.24, 2.45) is 23.7 Å². The van der Waals surface area contributed by atoms with Gasteiger partial charge < -0.3 is 38.3 Å². The minimum atomic E-state index is -1.06. The average Bonchev–Trinajstić information content (AvgIpc) is 3.10. The van der Waals surface area contributed by atoms with Crippen molar-refractivity contribution in [1.29, 1.82) is 0 Å². The van der Waals surface area contributed by atoms with E-state index in [9.17, 15) is 9.90 Å². The fourth-order valence-corrected chi connectivity index (χ4v) is 6.42. The third-order valence-electron chi connectivity index (χ3n) is 9.66. The molecule has 4 unspecified atom stereocenters. The minimum absolute atomic E-state index is 0.0405. The highest BCUT2D eigenvalue weighted by molar-refractivity contribution is 5.68. The molecular formula is C39H50O9. The SMILES string of the molecule is CC1[C@H](O[C@H]2C(COCc3ccccc3)O[C@@H](OCc3ccccc3)C(C)[C@H]2OCC(=O)O)OC(COCc2ccccc2)[C@H](C)[C@@H]1C. The maximum atomic E-state index is 11.7. The molecule has 5 rings (SSSR count). The zero-order valence-corrected chi connectivity index (χ0v) is 28.4. The number of hydrogen-bond acceptors (Lipinski definition) is 8. The van der Waals surface area contributed by atoms with Crippen LogP contribution in [0.2, 0.25) is 0 Å². The van der Waals surface area contributed by atoms with E-state index >= 15 is 0 Å².